The predicted octanol–water partition coefficient (Wildman–Crippen LogP) is 2.67. The maximum atomic E-state index is 6.05. The summed E-state index contributed by atoms with van der Waals surface area (Å²) in [6.45, 7) is 6.84. The lowest BCUT2D eigenvalue weighted by Crippen LogP contribution is -2.57. The number of likely N-dealkylation sites (N-methyl/N-ethyl adjacent to an activating group) is 1. The van der Waals surface area contributed by atoms with Gasteiger partial charge >= 0.3 is 0 Å². The minimum absolute atomic E-state index is 0.566. The Bertz CT molecular complexity index is 376. The third kappa shape index (κ3) is 3.29. The third-order valence-corrected chi connectivity index (χ3v) is 3.82. The van der Waals surface area contributed by atoms with Crippen molar-refractivity contribution in [1.29, 1.82) is 0 Å². The molecule has 1 saturated heterocycles. The fraction of sp³-hybridized carbons (Fsp3) is 0.538. The number of ether oxygens (including phenoxy) is 1. The molecule has 1 heterocycles. The van der Waals surface area contributed by atoms with Crippen molar-refractivity contribution in [2.75, 3.05) is 32.8 Å². The Morgan fingerprint density at radius 2 is 2.00 bits per heavy atom. The molecule has 0 radical (unpaired) electrons. The minimum atomic E-state index is 0.566. The first-order valence-electron chi connectivity index (χ1n) is 6.24. The fourth-order valence-corrected chi connectivity index (χ4v) is 2.52. The van der Waals surface area contributed by atoms with Crippen LogP contribution >= 0.6 is 23.2 Å². The summed E-state index contributed by atoms with van der Waals surface area (Å²) in [6, 6.07) is 6.03. The Labute approximate surface area is 118 Å². The van der Waals surface area contributed by atoms with Gasteiger partial charge in [0.25, 0.3) is 0 Å². The summed E-state index contributed by atoms with van der Waals surface area (Å²) < 4.78 is 5.69. The van der Waals surface area contributed by atoms with Gasteiger partial charge in [-0.25, -0.2) is 0 Å². The predicted molar refractivity (Wildman–Crippen MR) is 75.9 cm³/mol. The van der Waals surface area contributed by atoms with Gasteiger partial charge < -0.3 is 10.1 Å². The van der Waals surface area contributed by atoms with E-state index >= 15 is 0 Å². The molecule has 0 aliphatic carbocycles. The molecule has 5 heteroatoms. The summed E-state index contributed by atoms with van der Waals surface area (Å²) >= 11 is 12.1. The van der Waals surface area contributed by atoms with E-state index < -0.39 is 0 Å². The number of benzene rings is 1. The molecule has 1 aliphatic rings. The van der Waals surface area contributed by atoms with E-state index in [2.05, 4.69) is 17.1 Å². The summed E-state index contributed by atoms with van der Waals surface area (Å²) in [4.78, 5) is 2.40. The Morgan fingerprint density at radius 3 is 2.50 bits per heavy atom. The monoisotopic (exact) mass is 288 g/mol. The number of rotatable bonds is 6. The summed E-state index contributed by atoms with van der Waals surface area (Å²) in [5, 5.41) is 4.41. The third-order valence-electron chi connectivity index (χ3n) is 3.23. The number of hydrogen-bond donors (Lipinski definition) is 1. The second-order valence-electron chi connectivity index (χ2n) is 4.34. The Balaban J connectivity index is 1.83. The van der Waals surface area contributed by atoms with Crippen molar-refractivity contribution in [3.05, 3.63) is 28.2 Å². The SMILES string of the molecule is CCN(CCOc1c(Cl)cccc1Cl)C1CNC1. The second kappa shape index (κ2) is 6.62. The summed E-state index contributed by atoms with van der Waals surface area (Å²) in [5.41, 5.74) is 0. The zero-order valence-electron chi connectivity index (χ0n) is 10.5. The van der Waals surface area contributed by atoms with E-state index in [-0.39, 0.29) is 0 Å². The molecule has 1 fully saturated rings. The zero-order valence-corrected chi connectivity index (χ0v) is 12.0. The van der Waals surface area contributed by atoms with Crippen LogP contribution in [0.5, 0.6) is 5.75 Å². The zero-order chi connectivity index (χ0) is 13.0. The van der Waals surface area contributed by atoms with Gasteiger partial charge in [-0.05, 0) is 18.7 Å². The second-order valence-corrected chi connectivity index (χ2v) is 5.15. The first-order chi connectivity index (χ1) is 8.72. The molecule has 100 valence electrons. The first-order valence-corrected chi connectivity index (χ1v) is 6.99. The lowest BCUT2D eigenvalue weighted by atomic mass is 10.1. The lowest BCUT2D eigenvalue weighted by Gasteiger charge is -2.37. The van der Waals surface area contributed by atoms with Gasteiger partial charge in [0.2, 0.25) is 0 Å². The van der Waals surface area contributed by atoms with Gasteiger partial charge in [-0.15, -0.1) is 0 Å². The molecule has 18 heavy (non-hydrogen) atoms. The van der Waals surface area contributed by atoms with Gasteiger partial charge in [-0.2, -0.15) is 0 Å². The largest absolute Gasteiger partial charge is 0.489 e. The molecule has 2 rings (SSSR count). The highest BCUT2D eigenvalue weighted by molar-refractivity contribution is 6.37. The van der Waals surface area contributed by atoms with Crippen LogP contribution in [-0.4, -0.2) is 43.7 Å². The smallest absolute Gasteiger partial charge is 0.156 e. The van der Waals surface area contributed by atoms with Crippen LogP contribution in [0, 0.1) is 0 Å². The molecular weight excluding hydrogens is 271 g/mol. The topological polar surface area (TPSA) is 24.5 Å². The average Bonchev–Trinajstić information content (AvgIpc) is 2.29. The van der Waals surface area contributed by atoms with Crippen LogP contribution in [0.2, 0.25) is 10.0 Å². The molecule has 0 unspecified atom stereocenters. The van der Waals surface area contributed by atoms with E-state index in [4.69, 9.17) is 27.9 Å². The van der Waals surface area contributed by atoms with Crippen molar-refractivity contribution < 1.29 is 4.74 Å². The van der Waals surface area contributed by atoms with Crippen molar-refractivity contribution in [2.45, 2.75) is 13.0 Å². The number of para-hydroxylation sites is 1. The quantitative estimate of drug-likeness (QED) is 0.871. The van der Waals surface area contributed by atoms with Gasteiger partial charge in [0.05, 0.1) is 10.0 Å². The number of halogens is 2. The first kappa shape index (κ1) is 13.9. The number of nitrogens with one attached hydrogen (secondary N) is 1. The van der Waals surface area contributed by atoms with Crippen LogP contribution in [0.3, 0.4) is 0 Å². The molecular formula is C13H18Cl2N2O. The molecule has 0 bridgehead atoms. The van der Waals surface area contributed by atoms with Crippen LogP contribution in [-0.2, 0) is 0 Å². The summed E-state index contributed by atoms with van der Waals surface area (Å²) in [5.74, 6) is 0.587. The van der Waals surface area contributed by atoms with Crippen molar-refractivity contribution in [3.63, 3.8) is 0 Å². The van der Waals surface area contributed by atoms with Crippen LogP contribution < -0.4 is 10.1 Å². The molecule has 1 aromatic carbocycles. The highest BCUT2D eigenvalue weighted by Gasteiger charge is 2.22. The Kier molecular flexibility index (Phi) is 5.13. The fourth-order valence-electron chi connectivity index (χ4n) is 2.02. The van der Waals surface area contributed by atoms with Crippen molar-refractivity contribution in [3.8, 4) is 5.75 Å². The Morgan fingerprint density at radius 1 is 1.33 bits per heavy atom. The molecule has 1 N–H and O–H groups in total. The van der Waals surface area contributed by atoms with E-state index in [1.807, 2.05) is 6.07 Å². The lowest BCUT2D eigenvalue weighted by molar-refractivity contribution is 0.128. The van der Waals surface area contributed by atoms with Crippen molar-refractivity contribution in [1.82, 2.24) is 10.2 Å². The van der Waals surface area contributed by atoms with Crippen molar-refractivity contribution in [2.24, 2.45) is 0 Å². The van der Waals surface area contributed by atoms with E-state index in [1.54, 1.807) is 12.1 Å². The van der Waals surface area contributed by atoms with Crippen LogP contribution in [0.1, 0.15) is 6.92 Å². The molecule has 0 saturated carbocycles. The standard InChI is InChI=1S/C13H18Cl2N2O/c1-2-17(10-8-16-9-10)6-7-18-13-11(14)4-3-5-12(13)15/h3-5,10,16H,2,6-9H2,1H3. The van der Waals surface area contributed by atoms with E-state index in [0.29, 0.717) is 28.4 Å². The summed E-state index contributed by atoms with van der Waals surface area (Å²) in [6.07, 6.45) is 0. The molecule has 0 atom stereocenters. The molecule has 0 aromatic heterocycles. The maximum absolute atomic E-state index is 6.05. The van der Waals surface area contributed by atoms with Crippen LogP contribution in [0.25, 0.3) is 0 Å². The number of nitrogens with zero attached hydrogens (tertiary/aromatic N) is 1. The van der Waals surface area contributed by atoms with E-state index in [9.17, 15) is 0 Å². The molecule has 0 spiro atoms. The van der Waals surface area contributed by atoms with Gasteiger partial charge in [0, 0.05) is 25.7 Å². The van der Waals surface area contributed by atoms with Gasteiger partial charge in [0.15, 0.2) is 5.75 Å². The maximum Gasteiger partial charge on any atom is 0.156 e. The average molecular weight is 289 g/mol. The van der Waals surface area contributed by atoms with Crippen LogP contribution in [0.4, 0.5) is 0 Å². The highest BCUT2D eigenvalue weighted by atomic mass is 35.5. The summed E-state index contributed by atoms with van der Waals surface area (Å²) in [7, 11) is 0. The van der Waals surface area contributed by atoms with E-state index in [0.717, 1.165) is 26.2 Å². The van der Waals surface area contributed by atoms with Gasteiger partial charge in [-0.1, -0.05) is 36.2 Å². The molecule has 3 nitrogen and oxygen atoms in total. The Hall–Kier alpha value is -0.480. The van der Waals surface area contributed by atoms with Gasteiger partial charge in [0.1, 0.15) is 6.61 Å². The highest BCUT2D eigenvalue weighted by Crippen LogP contribution is 2.32. The van der Waals surface area contributed by atoms with Crippen molar-refractivity contribution >= 4 is 23.2 Å². The van der Waals surface area contributed by atoms with E-state index in [1.165, 1.54) is 0 Å². The molecule has 0 amide bonds. The number of hydrogen-bond acceptors (Lipinski definition) is 3. The molecule has 1 aliphatic heterocycles. The minimum Gasteiger partial charge on any atom is -0.489 e. The normalized spacial score (nSPS) is 15.8. The van der Waals surface area contributed by atoms with Gasteiger partial charge in [-0.3, -0.25) is 4.90 Å². The van der Waals surface area contributed by atoms with Crippen LogP contribution in [0.15, 0.2) is 18.2 Å². The molecule has 1 aromatic rings.